The molecule has 0 unspecified atom stereocenters. The van der Waals surface area contributed by atoms with Crippen LogP contribution in [0.1, 0.15) is 41.3 Å². The lowest BCUT2D eigenvalue weighted by Crippen LogP contribution is -2.45. The van der Waals surface area contributed by atoms with Gasteiger partial charge in [-0.1, -0.05) is 60.7 Å². The zero-order valence-corrected chi connectivity index (χ0v) is 35.8. The van der Waals surface area contributed by atoms with E-state index in [1.165, 1.54) is 0 Å². The molecule has 0 aliphatic carbocycles. The molecular weight excluding hydrogens is 804 g/mol. The molecule has 4 aromatic carbocycles. The fraction of sp³-hybridized carbons (Fsp3) is 0.298. The van der Waals surface area contributed by atoms with E-state index >= 15 is 8.90 Å². The van der Waals surface area contributed by atoms with Gasteiger partial charge in [-0.15, -0.1) is 5.10 Å². The van der Waals surface area contributed by atoms with E-state index in [0.717, 1.165) is 38.5 Å². The van der Waals surface area contributed by atoms with Gasteiger partial charge in [0.15, 0.2) is 5.60 Å². The minimum atomic E-state index is -3.47. The zero-order valence-electron chi connectivity index (χ0n) is 34.8. The Labute approximate surface area is 358 Å². The van der Waals surface area contributed by atoms with Gasteiger partial charge in [0.2, 0.25) is 20.2 Å². The van der Waals surface area contributed by atoms with Crippen LogP contribution in [0.3, 0.4) is 0 Å². The van der Waals surface area contributed by atoms with Crippen molar-refractivity contribution < 1.29 is 28.3 Å². The van der Waals surface area contributed by atoms with Crippen LogP contribution in [0, 0.1) is 5.92 Å². The minimum absolute atomic E-state index is 0.0507. The van der Waals surface area contributed by atoms with E-state index in [2.05, 4.69) is 30.9 Å². The van der Waals surface area contributed by atoms with Crippen LogP contribution in [-0.4, -0.2) is 68.9 Å². The third kappa shape index (κ3) is 7.71. The molecule has 2 aliphatic heterocycles. The number of halogens is 1. The van der Waals surface area contributed by atoms with Gasteiger partial charge in [0.05, 0.1) is 36.9 Å². The lowest BCUT2D eigenvalue weighted by molar-refractivity contribution is -0.146. The lowest BCUT2D eigenvalue weighted by atomic mass is 9.82. The monoisotopic (exact) mass is 852 g/mol. The Kier molecular flexibility index (Phi) is 10.9. The summed E-state index contributed by atoms with van der Waals surface area (Å²) in [5.41, 5.74) is 5.40. The van der Waals surface area contributed by atoms with E-state index in [1.54, 1.807) is 34.9 Å². The summed E-state index contributed by atoms with van der Waals surface area (Å²) in [4.78, 5) is 50.0. The Morgan fingerprint density at radius 2 is 1.50 bits per heavy atom. The number of para-hydroxylation sites is 2. The van der Waals surface area contributed by atoms with Crippen molar-refractivity contribution in [3.8, 4) is 0 Å². The maximum Gasteiger partial charge on any atom is 0.264 e. The molecule has 1 saturated heterocycles. The third-order valence-electron chi connectivity index (χ3n) is 12.5. The highest BCUT2D eigenvalue weighted by atomic mass is 28.4. The first-order chi connectivity index (χ1) is 29.9. The summed E-state index contributed by atoms with van der Waals surface area (Å²) in [6.45, 7) is 5.77. The molecule has 5 heterocycles. The maximum atomic E-state index is 16.6. The second-order valence-corrected chi connectivity index (χ2v) is 20.8. The van der Waals surface area contributed by atoms with Gasteiger partial charge in [0, 0.05) is 88.4 Å². The van der Waals surface area contributed by atoms with Crippen molar-refractivity contribution in [1.29, 1.82) is 0 Å². The SMILES string of the molecule is C[C@@H]1[C@@H]([Si](C)(C)F)[C@H](CCn2cc(CCO)nn2)O[C@@]12C(=O)N(Cc1ccc(NC(=O)Cc3c[nH]c4ccccc34)cc1)c1ccc(NC(=O)Cc3c[nH]c4ccccc34)cc12. The number of aromatic amines is 2. The number of hydrogen-bond donors (Lipinski definition) is 5. The smallest absolute Gasteiger partial charge is 0.264 e. The fourth-order valence-corrected chi connectivity index (χ4v) is 12.2. The first-order valence-electron chi connectivity index (χ1n) is 21.0. The van der Waals surface area contributed by atoms with Crippen molar-refractivity contribution in [1.82, 2.24) is 25.0 Å². The molecule has 3 aromatic heterocycles. The molecule has 0 saturated carbocycles. The average Bonchev–Trinajstić information content (AvgIpc) is 4.07. The molecule has 0 radical (unpaired) electrons. The van der Waals surface area contributed by atoms with Crippen LogP contribution in [0.15, 0.2) is 110 Å². The summed E-state index contributed by atoms with van der Waals surface area (Å²) in [6, 6.07) is 28.5. The molecule has 9 rings (SSSR count). The number of nitrogens with one attached hydrogen (secondary N) is 4. The van der Waals surface area contributed by atoms with Crippen LogP contribution in [0.2, 0.25) is 18.6 Å². The van der Waals surface area contributed by atoms with Gasteiger partial charge in [-0.3, -0.25) is 19.1 Å². The minimum Gasteiger partial charge on any atom is -0.396 e. The highest BCUT2D eigenvalue weighted by molar-refractivity contribution is 6.72. The van der Waals surface area contributed by atoms with E-state index in [9.17, 15) is 14.7 Å². The van der Waals surface area contributed by atoms with E-state index < -0.39 is 31.6 Å². The molecule has 5 N–H and O–H groups in total. The average molecular weight is 853 g/mol. The zero-order chi connectivity index (χ0) is 43.2. The molecule has 15 heteroatoms. The first kappa shape index (κ1) is 41.0. The number of H-pyrrole nitrogens is 2. The maximum absolute atomic E-state index is 16.6. The Morgan fingerprint density at radius 1 is 0.887 bits per heavy atom. The van der Waals surface area contributed by atoms with Gasteiger partial charge in [0.25, 0.3) is 5.91 Å². The highest BCUT2D eigenvalue weighted by Crippen LogP contribution is 2.60. The van der Waals surface area contributed by atoms with E-state index in [-0.39, 0.29) is 43.7 Å². The number of carbonyl (C=O) groups is 3. The Hall–Kier alpha value is -6.42. The van der Waals surface area contributed by atoms with Crippen LogP contribution in [0.5, 0.6) is 0 Å². The molecular formula is C47H49FN8O5Si. The summed E-state index contributed by atoms with van der Waals surface area (Å²) in [7, 11) is -3.47. The predicted octanol–water partition coefficient (Wildman–Crippen LogP) is 7.55. The number of rotatable bonds is 14. The van der Waals surface area contributed by atoms with Gasteiger partial charge in [-0.25, -0.2) is 0 Å². The molecule has 0 bridgehead atoms. The van der Waals surface area contributed by atoms with Crippen LogP contribution in [0.25, 0.3) is 21.8 Å². The molecule has 3 amide bonds. The van der Waals surface area contributed by atoms with Crippen LogP contribution in [-0.2, 0) is 57.1 Å². The highest BCUT2D eigenvalue weighted by Gasteiger charge is 2.66. The number of hydrogen-bond acceptors (Lipinski definition) is 7. The predicted molar refractivity (Wildman–Crippen MR) is 239 cm³/mol. The summed E-state index contributed by atoms with van der Waals surface area (Å²) < 4.78 is 25.3. The standard InChI is InChI=1S/C47H49FN8O5Si/c1-29-45(62(2,3)48)42(18-20-55-28-35(19-21-57)53-54-55)61-47(29)38-24-34(52-44(59)23-32-26-50-40-11-7-5-9-37(32)40)16-17-41(38)56(46(47)60)27-30-12-14-33(15-13-30)51-43(58)22-31-25-49-39-10-6-4-8-36(31)39/h4-17,24-26,28-29,42,45,49-50,57H,18-23,27H2,1-3H3,(H,51,58)(H,52,59)/t29-,42+,45-,47+/m1/s1. The summed E-state index contributed by atoms with van der Waals surface area (Å²) >= 11 is 0. The molecule has 4 atom stereocenters. The molecule has 1 spiro atoms. The number of aromatic nitrogens is 5. The summed E-state index contributed by atoms with van der Waals surface area (Å²) in [5.74, 6) is -1.22. The van der Waals surface area contributed by atoms with Crippen molar-refractivity contribution in [3.63, 3.8) is 0 Å². The number of aliphatic hydroxyl groups excluding tert-OH is 1. The number of nitrogens with zero attached hydrogens (tertiary/aromatic N) is 4. The summed E-state index contributed by atoms with van der Waals surface area (Å²) in [5, 5.41) is 25.8. The number of fused-ring (bicyclic) bond motifs is 4. The van der Waals surface area contributed by atoms with Gasteiger partial charge in [-0.05, 0) is 78.7 Å². The van der Waals surface area contributed by atoms with Gasteiger partial charge in [0.1, 0.15) is 0 Å². The Bertz CT molecular complexity index is 2790. The quantitative estimate of drug-likeness (QED) is 0.0556. The third-order valence-corrected chi connectivity index (χ3v) is 14.9. The lowest BCUT2D eigenvalue weighted by Gasteiger charge is -2.31. The fourth-order valence-electron chi connectivity index (χ4n) is 9.68. The van der Waals surface area contributed by atoms with E-state index in [1.807, 2.05) is 104 Å². The van der Waals surface area contributed by atoms with Crippen molar-refractivity contribution in [2.24, 2.45) is 5.92 Å². The number of aryl methyl sites for hydroxylation is 1. The molecule has 62 heavy (non-hydrogen) atoms. The number of carbonyl (C=O) groups excluding carboxylic acids is 3. The Balaban J connectivity index is 0.991. The van der Waals surface area contributed by atoms with Gasteiger partial charge >= 0.3 is 0 Å². The largest absolute Gasteiger partial charge is 0.396 e. The Morgan fingerprint density at radius 3 is 2.13 bits per heavy atom. The van der Waals surface area contributed by atoms with Crippen LogP contribution >= 0.6 is 0 Å². The van der Waals surface area contributed by atoms with Crippen molar-refractivity contribution in [2.75, 3.05) is 22.1 Å². The number of amides is 3. The van der Waals surface area contributed by atoms with Crippen LogP contribution < -0.4 is 15.5 Å². The second-order valence-electron chi connectivity index (χ2n) is 17.0. The molecule has 7 aromatic rings. The van der Waals surface area contributed by atoms with Crippen molar-refractivity contribution in [2.45, 2.75) is 76.0 Å². The molecule has 13 nitrogen and oxygen atoms in total. The van der Waals surface area contributed by atoms with E-state index in [4.69, 9.17) is 4.74 Å². The topological polar surface area (TPSA) is 170 Å². The first-order valence-corrected chi connectivity index (χ1v) is 24.0. The normalized spacial score (nSPS) is 19.8. The number of anilines is 3. The molecule has 318 valence electrons. The molecule has 2 aliphatic rings. The number of benzene rings is 4. The van der Waals surface area contributed by atoms with Crippen molar-refractivity contribution in [3.05, 3.63) is 138 Å². The van der Waals surface area contributed by atoms with Gasteiger partial charge < -0.3 is 39.5 Å². The number of ether oxygens (including phenoxy) is 1. The second kappa shape index (κ2) is 16.5. The van der Waals surface area contributed by atoms with E-state index in [0.29, 0.717) is 47.7 Å². The van der Waals surface area contributed by atoms with Crippen LogP contribution in [0.4, 0.5) is 21.2 Å². The summed E-state index contributed by atoms with van der Waals surface area (Å²) in [6.07, 6.45) is 5.95. The molecule has 1 fully saturated rings. The number of aliphatic hydroxyl groups is 1. The van der Waals surface area contributed by atoms with Crippen molar-refractivity contribution >= 4 is 65.0 Å². The van der Waals surface area contributed by atoms with Gasteiger partial charge in [-0.2, -0.15) is 0 Å².